The van der Waals surface area contributed by atoms with Gasteiger partial charge in [0.15, 0.2) is 0 Å². The maximum Gasteiger partial charge on any atom is 0.314 e. The van der Waals surface area contributed by atoms with E-state index in [1.165, 1.54) is 32.1 Å². The van der Waals surface area contributed by atoms with E-state index in [1.54, 1.807) is 0 Å². The highest BCUT2D eigenvalue weighted by Crippen LogP contribution is 2.35. The lowest BCUT2D eigenvalue weighted by Crippen LogP contribution is -2.13. The fourth-order valence-corrected chi connectivity index (χ4v) is 2.40. The van der Waals surface area contributed by atoms with Gasteiger partial charge in [0.2, 0.25) is 0 Å². The van der Waals surface area contributed by atoms with Crippen LogP contribution >= 0.6 is 12.2 Å². The number of hydrogen-bond donors (Lipinski definition) is 1. The third-order valence-electron chi connectivity index (χ3n) is 3.27. The van der Waals surface area contributed by atoms with Gasteiger partial charge in [-0.25, -0.2) is 5.16 Å². The van der Waals surface area contributed by atoms with Crippen molar-refractivity contribution in [3.05, 3.63) is 10.7 Å². The second-order valence-corrected chi connectivity index (χ2v) is 4.44. The first kappa shape index (κ1) is 9.90. The van der Waals surface area contributed by atoms with Crippen LogP contribution in [0.2, 0.25) is 0 Å². The Morgan fingerprint density at radius 2 is 2.14 bits per heavy atom. The summed E-state index contributed by atoms with van der Waals surface area (Å²) >= 11 is 4.84. The van der Waals surface area contributed by atoms with Crippen LogP contribution in [-0.4, -0.2) is 10.1 Å². The minimum absolute atomic E-state index is 0.331. The number of nitrogens with zero attached hydrogens (tertiary/aromatic N) is 1. The summed E-state index contributed by atoms with van der Waals surface area (Å²) in [6.45, 7) is 2.27. The highest BCUT2D eigenvalue weighted by atomic mass is 32.1. The van der Waals surface area contributed by atoms with Gasteiger partial charge in [0.25, 0.3) is 0 Å². The van der Waals surface area contributed by atoms with Gasteiger partial charge < -0.3 is 4.52 Å². The van der Waals surface area contributed by atoms with Crippen LogP contribution < -0.4 is 0 Å². The smallest absolute Gasteiger partial charge is 0.314 e. The molecular weight excluding hydrogens is 196 g/mol. The number of aromatic nitrogens is 2. The van der Waals surface area contributed by atoms with E-state index in [2.05, 4.69) is 17.1 Å². The van der Waals surface area contributed by atoms with E-state index in [1.807, 2.05) is 0 Å². The molecule has 4 heteroatoms. The van der Waals surface area contributed by atoms with Gasteiger partial charge in [0.05, 0.1) is 0 Å². The quantitative estimate of drug-likeness (QED) is 0.764. The van der Waals surface area contributed by atoms with Crippen molar-refractivity contribution in [1.82, 2.24) is 10.1 Å². The molecule has 0 saturated heterocycles. The molecule has 0 amide bonds. The van der Waals surface area contributed by atoms with Crippen molar-refractivity contribution in [3.8, 4) is 0 Å². The summed E-state index contributed by atoms with van der Waals surface area (Å²) < 4.78 is 4.95. The first-order chi connectivity index (χ1) is 6.79. The van der Waals surface area contributed by atoms with Gasteiger partial charge in [-0.15, -0.1) is 0 Å². The third kappa shape index (κ3) is 2.05. The van der Waals surface area contributed by atoms with Crippen LogP contribution in [0.15, 0.2) is 4.52 Å². The summed E-state index contributed by atoms with van der Waals surface area (Å²) in [4.78, 5) is 4.51. The molecular formula is C10H16N2OS. The minimum Gasteiger partial charge on any atom is -0.348 e. The molecule has 1 aliphatic rings. The van der Waals surface area contributed by atoms with Crippen LogP contribution in [0.3, 0.4) is 0 Å². The van der Waals surface area contributed by atoms with Gasteiger partial charge >= 0.3 is 4.84 Å². The van der Waals surface area contributed by atoms with Gasteiger partial charge in [0, 0.05) is 5.92 Å². The van der Waals surface area contributed by atoms with Crippen LogP contribution in [-0.2, 0) is 0 Å². The summed E-state index contributed by atoms with van der Waals surface area (Å²) in [7, 11) is 0. The molecule has 0 atom stereocenters. The number of rotatable bonds is 2. The van der Waals surface area contributed by atoms with Crippen molar-refractivity contribution < 1.29 is 4.52 Å². The van der Waals surface area contributed by atoms with E-state index in [9.17, 15) is 0 Å². The molecule has 14 heavy (non-hydrogen) atoms. The number of H-pyrrole nitrogens is 1. The molecule has 1 N–H and O–H groups in total. The molecule has 0 bridgehead atoms. The Labute approximate surface area is 88.9 Å². The molecule has 0 radical (unpaired) electrons. The predicted octanol–water partition coefficient (Wildman–Crippen LogP) is 3.42. The monoisotopic (exact) mass is 212 g/mol. The van der Waals surface area contributed by atoms with E-state index < -0.39 is 0 Å². The Kier molecular flexibility index (Phi) is 3.01. The second kappa shape index (κ2) is 4.26. The molecule has 2 rings (SSSR count). The van der Waals surface area contributed by atoms with E-state index in [0.29, 0.717) is 10.8 Å². The standard InChI is InChI=1S/C10H16N2OS/c1-2-7-3-5-8(6-4-7)9-11-10(14)13-12-9/h7-8H,2-6H2,1H3,(H,11,12,14). The van der Waals surface area contributed by atoms with Crippen LogP contribution in [0.25, 0.3) is 0 Å². The minimum atomic E-state index is 0.331. The SMILES string of the molecule is CCC1CCC(c2nc(=S)o[nH]2)CC1. The number of nitrogens with one attached hydrogen (secondary N) is 1. The van der Waals surface area contributed by atoms with E-state index in [-0.39, 0.29) is 0 Å². The molecule has 3 nitrogen and oxygen atoms in total. The molecule has 1 fully saturated rings. The molecule has 78 valence electrons. The van der Waals surface area contributed by atoms with Gasteiger partial charge in [-0.1, -0.05) is 13.3 Å². The van der Waals surface area contributed by atoms with Crippen molar-refractivity contribution in [2.75, 3.05) is 0 Å². The third-order valence-corrected chi connectivity index (χ3v) is 3.44. The summed E-state index contributed by atoms with van der Waals surface area (Å²) in [6.07, 6.45) is 6.37. The molecule has 0 spiro atoms. The van der Waals surface area contributed by atoms with Crippen LogP contribution in [0.5, 0.6) is 0 Å². The summed E-state index contributed by atoms with van der Waals surface area (Å²) in [5.41, 5.74) is 0. The Bertz CT molecular complexity index is 336. The highest BCUT2D eigenvalue weighted by molar-refractivity contribution is 7.71. The molecule has 0 unspecified atom stereocenters. The van der Waals surface area contributed by atoms with Crippen molar-refractivity contribution in [1.29, 1.82) is 0 Å². The number of aromatic amines is 1. The Balaban J connectivity index is 1.98. The fourth-order valence-electron chi connectivity index (χ4n) is 2.26. The summed E-state index contributed by atoms with van der Waals surface area (Å²) in [5, 5.41) is 2.82. The largest absolute Gasteiger partial charge is 0.348 e. The second-order valence-electron chi connectivity index (χ2n) is 4.09. The molecule has 0 aliphatic heterocycles. The van der Waals surface area contributed by atoms with E-state index in [0.717, 1.165) is 11.7 Å². The molecule has 1 aromatic heterocycles. The lowest BCUT2D eigenvalue weighted by Gasteiger charge is -2.25. The average Bonchev–Trinajstić information content (AvgIpc) is 2.65. The fraction of sp³-hybridized carbons (Fsp3) is 0.800. The Hall–Kier alpha value is -0.640. The van der Waals surface area contributed by atoms with E-state index in [4.69, 9.17) is 16.7 Å². The van der Waals surface area contributed by atoms with Crippen LogP contribution in [0.4, 0.5) is 0 Å². The first-order valence-corrected chi connectivity index (χ1v) is 5.75. The molecule has 1 aromatic rings. The van der Waals surface area contributed by atoms with Crippen molar-refractivity contribution in [3.63, 3.8) is 0 Å². The maximum absolute atomic E-state index is 4.95. The maximum atomic E-state index is 4.95. The lowest BCUT2D eigenvalue weighted by atomic mass is 9.80. The van der Waals surface area contributed by atoms with Crippen molar-refractivity contribution >= 4 is 12.2 Å². The molecule has 1 saturated carbocycles. The van der Waals surface area contributed by atoms with Gasteiger partial charge in [-0.2, -0.15) is 4.98 Å². The van der Waals surface area contributed by atoms with Crippen molar-refractivity contribution in [2.45, 2.75) is 44.9 Å². The Morgan fingerprint density at radius 1 is 1.43 bits per heavy atom. The zero-order chi connectivity index (χ0) is 9.97. The zero-order valence-corrected chi connectivity index (χ0v) is 9.27. The molecule has 1 aliphatic carbocycles. The summed E-state index contributed by atoms with van der Waals surface area (Å²) in [5.74, 6) is 2.41. The van der Waals surface area contributed by atoms with Gasteiger partial charge in [-0.05, 0) is 43.8 Å². The Morgan fingerprint density at radius 3 is 2.64 bits per heavy atom. The predicted molar refractivity (Wildman–Crippen MR) is 56.7 cm³/mol. The van der Waals surface area contributed by atoms with Crippen molar-refractivity contribution in [2.24, 2.45) is 5.92 Å². The average molecular weight is 212 g/mol. The van der Waals surface area contributed by atoms with Gasteiger partial charge in [-0.3, -0.25) is 0 Å². The van der Waals surface area contributed by atoms with E-state index >= 15 is 0 Å². The summed E-state index contributed by atoms with van der Waals surface area (Å²) in [6, 6.07) is 0. The highest BCUT2D eigenvalue weighted by Gasteiger charge is 2.23. The zero-order valence-electron chi connectivity index (χ0n) is 8.45. The van der Waals surface area contributed by atoms with Crippen LogP contribution in [0, 0.1) is 10.8 Å². The van der Waals surface area contributed by atoms with Crippen LogP contribution in [0.1, 0.15) is 50.8 Å². The molecule has 1 heterocycles. The molecule has 0 aromatic carbocycles. The topological polar surface area (TPSA) is 41.8 Å². The normalized spacial score (nSPS) is 27.8. The first-order valence-electron chi connectivity index (χ1n) is 5.35. The lowest BCUT2D eigenvalue weighted by molar-refractivity contribution is 0.304. The van der Waals surface area contributed by atoms with Gasteiger partial charge in [0.1, 0.15) is 5.82 Å². The number of hydrogen-bond acceptors (Lipinski definition) is 3.